The molecule has 0 spiro atoms. The number of halogens is 1. The summed E-state index contributed by atoms with van der Waals surface area (Å²) in [5, 5.41) is 7.94. The number of nitrogens with one attached hydrogen (secondary N) is 1. The maximum absolute atomic E-state index is 13.8. The molecule has 1 N–H and O–H groups in total. The number of fused-ring (bicyclic) bond motifs is 1. The van der Waals surface area contributed by atoms with E-state index < -0.39 is 0 Å². The van der Waals surface area contributed by atoms with Gasteiger partial charge >= 0.3 is 0 Å². The fourth-order valence-corrected chi connectivity index (χ4v) is 3.62. The minimum Gasteiger partial charge on any atom is -0.489 e. The number of benzene rings is 3. The second kappa shape index (κ2) is 9.00. The fourth-order valence-electron chi connectivity index (χ4n) is 3.62. The van der Waals surface area contributed by atoms with Crippen LogP contribution in [-0.4, -0.2) is 22.7 Å². The van der Waals surface area contributed by atoms with Gasteiger partial charge in [-0.15, -0.1) is 0 Å². The van der Waals surface area contributed by atoms with Crippen molar-refractivity contribution in [3.05, 3.63) is 83.8 Å². The Morgan fingerprint density at radius 1 is 1.10 bits per heavy atom. The summed E-state index contributed by atoms with van der Waals surface area (Å²) in [5.74, 6) is 0.454. The second-order valence-electron chi connectivity index (χ2n) is 7.42. The summed E-state index contributed by atoms with van der Waals surface area (Å²) in [6.45, 7) is 2.86. The Balaban J connectivity index is 1.52. The highest BCUT2D eigenvalue weighted by Gasteiger charge is 2.10. The van der Waals surface area contributed by atoms with E-state index >= 15 is 0 Å². The average Bonchev–Trinajstić information content (AvgIpc) is 3.20. The molecule has 158 valence electrons. The third-order valence-electron chi connectivity index (χ3n) is 5.34. The highest BCUT2D eigenvalue weighted by atomic mass is 19.1. The summed E-state index contributed by atoms with van der Waals surface area (Å²) in [6, 6.07) is 18.5. The van der Waals surface area contributed by atoms with Gasteiger partial charge in [-0.1, -0.05) is 30.3 Å². The molecule has 31 heavy (non-hydrogen) atoms. The Hall–Kier alpha value is -3.67. The Labute approximate surface area is 180 Å². The number of ether oxygens (including phenoxy) is 1. The standard InChI is InChI=1S/C25H24FN3O2/c1-17-7-8-20(26)14-23(17)22-6-4-3-5-18(22)16-31-21-9-10-24-19(13-21)15-28-29(24)12-11-25(30)27-2/h3-10,13-15H,11-12,16H2,1-2H3,(H,27,30). The molecule has 0 fully saturated rings. The molecule has 1 aromatic heterocycles. The SMILES string of the molecule is CNC(=O)CCn1ncc2cc(OCc3ccccc3-c3cc(F)ccc3C)ccc21. The van der Waals surface area contributed by atoms with E-state index in [9.17, 15) is 9.18 Å². The maximum Gasteiger partial charge on any atom is 0.221 e. The van der Waals surface area contributed by atoms with Crippen LogP contribution in [0.15, 0.2) is 66.9 Å². The first-order valence-corrected chi connectivity index (χ1v) is 10.2. The van der Waals surface area contributed by atoms with Crippen LogP contribution in [0.25, 0.3) is 22.0 Å². The van der Waals surface area contributed by atoms with Gasteiger partial charge in [-0.2, -0.15) is 5.10 Å². The molecule has 0 aliphatic rings. The van der Waals surface area contributed by atoms with Crippen molar-refractivity contribution in [1.82, 2.24) is 15.1 Å². The quantitative estimate of drug-likeness (QED) is 0.467. The second-order valence-corrected chi connectivity index (χ2v) is 7.42. The molecule has 3 aromatic carbocycles. The Kier molecular flexibility index (Phi) is 5.98. The van der Waals surface area contributed by atoms with Crippen LogP contribution in [0.5, 0.6) is 5.75 Å². The molecule has 0 radical (unpaired) electrons. The van der Waals surface area contributed by atoms with Gasteiger partial charge in [0.1, 0.15) is 18.2 Å². The predicted molar refractivity (Wildman–Crippen MR) is 119 cm³/mol. The highest BCUT2D eigenvalue weighted by Crippen LogP contribution is 2.29. The van der Waals surface area contributed by atoms with Gasteiger partial charge in [0.2, 0.25) is 5.91 Å². The molecular weight excluding hydrogens is 393 g/mol. The van der Waals surface area contributed by atoms with Crippen molar-refractivity contribution >= 4 is 16.8 Å². The van der Waals surface area contributed by atoms with Gasteiger partial charge in [0.15, 0.2) is 0 Å². The van der Waals surface area contributed by atoms with Crippen molar-refractivity contribution in [2.24, 2.45) is 0 Å². The Bertz CT molecular complexity index is 1230. The van der Waals surface area contributed by atoms with Gasteiger partial charge in [-0.25, -0.2) is 4.39 Å². The van der Waals surface area contributed by atoms with Crippen LogP contribution < -0.4 is 10.1 Å². The summed E-state index contributed by atoms with van der Waals surface area (Å²) >= 11 is 0. The molecule has 0 unspecified atom stereocenters. The van der Waals surface area contributed by atoms with E-state index in [0.29, 0.717) is 19.6 Å². The van der Waals surface area contributed by atoms with Crippen molar-refractivity contribution in [2.75, 3.05) is 7.05 Å². The van der Waals surface area contributed by atoms with E-state index in [2.05, 4.69) is 10.4 Å². The fraction of sp³-hybridized carbons (Fsp3) is 0.200. The van der Waals surface area contributed by atoms with E-state index in [0.717, 1.165) is 38.9 Å². The average molecular weight is 417 g/mol. The lowest BCUT2D eigenvalue weighted by molar-refractivity contribution is -0.120. The van der Waals surface area contributed by atoms with Crippen LogP contribution in [0.3, 0.4) is 0 Å². The first-order valence-electron chi connectivity index (χ1n) is 10.2. The first-order chi connectivity index (χ1) is 15.0. The molecule has 0 aliphatic carbocycles. The minimum atomic E-state index is -0.254. The molecule has 0 bridgehead atoms. The molecule has 1 heterocycles. The molecule has 0 saturated heterocycles. The monoisotopic (exact) mass is 417 g/mol. The van der Waals surface area contributed by atoms with Gasteiger partial charge < -0.3 is 10.1 Å². The third-order valence-corrected chi connectivity index (χ3v) is 5.34. The first kappa shape index (κ1) is 20.6. The molecular formula is C25H24FN3O2. The summed E-state index contributed by atoms with van der Waals surface area (Å²) in [5.41, 5.74) is 4.78. The summed E-state index contributed by atoms with van der Waals surface area (Å²) in [7, 11) is 1.63. The lowest BCUT2D eigenvalue weighted by Crippen LogP contribution is -2.19. The van der Waals surface area contributed by atoms with Crippen molar-refractivity contribution < 1.29 is 13.9 Å². The number of carbonyl (C=O) groups excluding carboxylic acids is 1. The zero-order valence-electron chi connectivity index (χ0n) is 17.6. The summed E-state index contributed by atoms with van der Waals surface area (Å²) < 4.78 is 21.7. The van der Waals surface area contributed by atoms with Gasteiger partial charge in [-0.3, -0.25) is 9.48 Å². The molecule has 0 aliphatic heterocycles. The third kappa shape index (κ3) is 4.58. The number of hydrogen-bond donors (Lipinski definition) is 1. The Morgan fingerprint density at radius 3 is 2.77 bits per heavy atom. The molecule has 4 rings (SSSR count). The molecule has 1 amide bonds. The van der Waals surface area contributed by atoms with Crippen LogP contribution in [0.4, 0.5) is 4.39 Å². The number of rotatable bonds is 7. The minimum absolute atomic E-state index is 0.0178. The molecule has 0 saturated carbocycles. The lowest BCUT2D eigenvalue weighted by atomic mass is 9.96. The van der Waals surface area contributed by atoms with Crippen molar-refractivity contribution in [1.29, 1.82) is 0 Å². The lowest BCUT2D eigenvalue weighted by Gasteiger charge is -2.13. The van der Waals surface area contributed by atoms with E-state index in [1.807, 2.05) is 54.1 Å². The molecule has 4 aromatic rings. The molecule has 6 heteroatoms. The zero-order chi connectivity index (χ0) is 21.8. The van der Waals surface area contributed by atoms with Crippen LogP contribution in [-0.2, 0) is 17.9 Å². The van der Waals surface area contributed by atoms with Crippen LogP contribution >= 0.6 is 0 Å². The largest absolute Gasteiger partial charge is 0.489 e. The predicted octanol–water partition coefficient (Wildman–Crippen LogP) is 4.87. The molecule has 0 atom stereocenters. The number of carbonyl (C=O) groups is 1. The highest BCUT2D eigenvalue weighted by molar-refractivity contribution is 5.81. The maximum atomic E-state index is 13.8. The van der Waals surface area contributed by atoms with Crippen molar-refractivity contribution in [3.63, 3.8) is 0 Å². The van der Waals surface area contributed by atoms with Gasteiger partial charge in [0.05, 0.1) is 18.3 Å². The van der Waals surface area contributed by atoms with Gasteiger partial charge in [-0.05, 0) is 59.5 Å². The van der Waals surface area contributed by atoms with Crippen molar-refractivity contribution in [2.45, 2.75) is 26.5 Å². The summed E-state index contributed by atoms with van der Waals surface area (Å²) in [6.07, 6.45) is 2.15. The van der Waals surface area contributed by atoms with Crippen LogP contribution in [0, 0.1) is 12.7 Å². The van der Waals surface area contributed by atoms with Gasteiger partial charge in [0.25, 0.3) is 0 Å². The topological polar surface area (TPSA) is 56.2 Å². The smallest absolute Gasteiger partial charge is 0.221 e. The van der Waals surface area contributed by atoms with E-state index in [4.69, 9.17) is 4.74 Å². The van der Waals surface area contributed by atoms with Gasteiger partial charge in [0, 0.05) is 18.9 Å². The number of hydrogen-bond acceptors (Lipinski definition) is 3. The number of amides is 1. The Morgan fingerprint density at radius 2 is 1.94 bits per heavy atom. The summed E-state index contributed by atoms with van der Waals surface area (Å²) in [4.78, 5) is 11.5. The number of aryl methyl sites for hydroxylation is 2. The van der Waals surface area contributed by atoms with E-state index in [1.165, 1.54) is 6.07 Å². The van der Waals surface area contributed by atoms with E-state index in [1.54, 1.807) is 25.4 Å². The normalized spacial score (nSPS) is 10.9. The number of aromatic nitrogens is 2. The van der Waals surface area contributed by atoms with Crippen LogP contribution in [0.1, 0.15) is 17.5 Å². The van der Waals surface area contributed by atoms with Crippen molar-refractivity contribution in [3.8, 4) is 16.9 Å². The molecule has 5 nitrogen and oxygen atoms in total. The van der Waals surface area contributed by atoms with Crippen LogP contribution in [0.2, 0.25) is 0 Å². The zero-order valence-corrected chi connectivity index (χ0v) is 17.6. The van der Waals surface area contributed by atoms with E-state index in [-0.39, 0.29) is 11.7 Å². The number of nitrogens with zero attached hydrogens (tertiary/aromatic N) is 2.